The Kier molecular flexibility index (Phi) is 2.48. The van der Waals surface area contributed by atoms with Crippen LogP contribution in [0.3, 0.4) is 0 Å². The molecule has 1 atom stereocenters. The molecule has 3 N–H and O–H groups in total. The number of aliphatic carboxylic acids is 1. The standard InChI is InChI=1S/C15H27NO2Si2/c1-19(2,3)13-9-7-8-11(10-12(16)15(17)18)14(13)20(4,5)6/h7-9,12H,10,16H2,1-6H3,(H,17,18)/t12-/m0/s1/i7D,8D,9D,10D2,12D/hD2. The Bertz CT molecular complexity index is 805. The van der Waals surface area contributed by atoms with Crippen LogP contribution >= 0.6 is 0 Å². The van der Waals surface area contributed by atoms with Gasteiger partial charge in [-0.3, -0.25) is 4.79 Å². The van der Waals surface area contributed by atoms with Crippen LogP contribution in [-0.2, 0) is 11.2 Å². The fraction of sp³-hybridized carbons (Fsp3) is 0.533. The lowest BCUT2D eigenvalue weighted by Gasteiger charge is -2.31. The fourth-order valence-corrected chi connectivity index (χ4v) is 7.23. The Morgan fingerprint density at radius 3 is 2.40 bits per heavy atom. The number of nitrogens with two attached hydrogens (primary N) is 1. The molecule has 0 bridgehead atoms. The van der Waals surface area contributed by atoms with Crippen molar-refractivity contribution >= 4 is 32.5 Å². The second kappa shape index (κ2) is 5.83. The molecule has 0 aliphatic heterocycles. The van der Waals surface area contributed by atoms with Gasteiger partial charge in [0, 0.05) is 2.74 Å². The Hall–Kier alpha value is -0.916. The van der Waals surface area contributed by atoms with Gasteiger partial charge in [-0.15, -0.1) is 0 Å². The summed E-state index contributed by atoms with van der Waals surface area (Å²) in [4.78, 5) is 11.8. The van der Waals surface area contributed by atoms with E-state index in [4.69, 9.17) is 11.0 Å². The van der Waals surface area contributed by atoms with Gasteiger partial charge in [-0.25, -0.2) is 0 Å². The monoisotopic (exact) mass is 317 g/mol. The maximum absolute atomic E-state index is 11.8. The SMILES string of the molecule is [2H]c1c([2H])c(C([2H])([2H])[C@@]([2H])(C(=O)O)N([2H])[2H])c([Si](C)(C)C)c([Si](C)(C)C)c1[2H]. The molecule has 112 valence electrons. The number of hydrogen-bond acceptors (Lipinski definition) is 2. The Labute approximate surface area is 135 Å². The number of carboxylic acid groups (broad SMARTS) is 1. The minimum atomic E-state index is -3.36. The number of carbonyl (C=O) groups is 1. The van der Waals surface area contributed by atoms with Gasteiger partial charge in [0.15, 0.2) is 0 Å². The molecule has 1 rings (SSSR count). The van der Waals surface area contributed by atoms with Gasteiger partial charge >= 0.3 is 5.97 Å². The van der Waals surface area contributed by atoms with Crippen molar-refractivity contribution < 1.29 is 20.9 Å². The molecule has 0 saturated carbocycles. The summed E-state index contributed by atoms with van der Waals surface area (Å²) in [6.07, 6.45) is -3.15. The molecule has 0 unspecified atom stereocenters. The molecule has 20 heavy (non-hydrogen) atoms. The van der Waals surface area contributed by atoms with Crippen molar-refractivity contribution in [3.05, 3.63) is 23.7 Å². The first-order valence-electron chi connectivity index (χ1n) is 10.3. The predicted octanol–water partition coefficient (Wildman–Crippen LogP) is 1.73. The molecule has 0 saturated heterocycles. The van der Waals surface area contributed by atoms with Crippen molar-refractivity contribution in [3.8, 4) is 0 Å². The van der Waals surface area contributed by atoms with E-state index in [-0.39, 0.29) is 6.04 Å². The summed E-state index contributed by atoms with van der Waals surface area (Å²) >= 11 is 0. The third kappa shape index (κ3) is 4.04. The molecular weight excluding hydrogens is 282 g/mol. The molecule has 0 spiro atoms. The largest absolute Gasteiger partial charge is 0.480 e. The molecule has 3 nitrogen and oxygen atoms in total. The van der Waals surface area contributed by atoms with Gasteiger partial charge in [-0.1, -0.05) is 67.8 Å². The Morgan fingerprint density at radius 2 is 2.00 bits per heavy atom. The van der Waals surface area contributed by atoms with Crippen molar-refractivity contribution in [2.24, 2.45) is 5.72 Å². The topological polar surface area (TPSA) is 63.3 Å². The van der Waals surface area contributed by atoms with Gasteiger partial charge in [0.05, 0.1) is 21.6 Å². The van der Waals surface area contributed by atoms with Gasteiger partial charge < -0.3 is 10.8 Å². The third-order valence-electron chi connectivity index (χ3n) is 2.82. The van der Waals surface area contributed by atoms with Crippen molar-refractivity contribution in [1.82, 2.24) is 0 Å². The molecule has 0 radical (unpaired) electrons. The lowest BCUT2D eigenvalue weighted by Crippen LogP contribution is -2.58. The molecule has 5 heteroatoms. The zero-order valence-corrected chi connectivity index (χ0v) is 14.8. The van der Waals surface area contributed by atoms with E-state index in [1.807, 2.05) is 39.3 Å². The minimum absolute atomic E-state index is 0.166. The molecule has 0 fully saturated rings. The zero-order valence-electron chi connectivity index (χ0n) is 20.8. The van der Waals surface area contributed by atoms with Crippen LogP contribution < -0.4 is 16.1 Å². The molecule has 0 aromatic heterocycles. The van der Waals surface area contributed by atoms with Crippen LogP contribution in [-0.4, -0.2) is 33.2 Å². The van der Waals surface area contributed by atoms with Gasteiger partial charge in [0.1, 0.15) is 8.84 Å². The molecule has 0 amide bonds. The highest BCUT2D eigenvalue weighted by molar-refractivity contribution is 6.98. The quantitative estimate of drug-likeness (QED) is 0.786. The molecule has 0 aliphatic rings. The van der Waals surface area contributed by atoms with E-state index < -0.39 is 57.9 Å². The third-order valence-corrected chi connectivity index (χ3v) is 6.95. The average molecular weight is 318 g/mol. The predicted molar refractivity (Wildman–Crippen MR) is 91.7 cm³/mol. The highest BCUT2D eigenvalue weighted by atomic mass is 28.3. The highest BCUT2D eigenvalue weighted by Gasteiger charge is 2.30. The summed E-state index contributed by atoms with van der Waals surface area (Å²) in [6.45, 7) is 11.3. The Morgan fingerprint density at radius 1 is 1.40 bits per heavy atom. The average Bonchev–Trinajstić information content (AvgIpc) is 2.47. The van der Waals surface area contributed by atoms with E-state index in [0.29, 0.717) is 10.4 Å². The number of rotatable bonds is 6. The maximum Gasteiger partial charge on any atom is 0.320 e. The summed E-state index contributed by atoms with van der Waals surface area (Å²) in [5, 5.41) is 10.3. The van der Waals surface area contributed by atoms with E-state index in [2.05, 4.69) is 0 Å². The summed E-state index contributed by atoms with van der Waals surface area (Å²) in [7, 11) is -4.87. The van der Waals surface area contributed by atoms with Crippen LogP contribution in [0.15, 0.2) is 18.1 Å². The van der Waals surface area contributed by atoms with Crippen molar-refractivity contribution in [3.63, 3.8) is 0 Å². The van der Waals surface area contributed by atoms with Gasteiger partial charge in [-0.2, -0.15) is 0 Å². The van der Waals surface area contributed by atoms with Crippen LogP contribution in [0.2, 0.25) is 42.1 Å². The Balaban J connectivity index is 4.33. The summed E-state index contributed by atoms with van der Waals surface area (Å²) in [5.41, 5.74) is -0.971. The zero-order chi connectivity index (χ0) is 22.6. The first-order valence-corrected chi connectivity index (χ1v) is 13.4. The van der Waals surface area contributed by atoms with E-state index in [1.54, 1.807) is 0 Å². The molecule has 1 aromatic rings. The normalized spacial score (nSPS) is 22.4. The second-order valence-electron chi connectivity index (χ2n) is 6.78. The highest BCUT2D eigenvalue weighted by Crippen LogP contribution is 2.12. The summed E-state index contributed by atoms with van der Waals surface area (Å²) < 4.78 is 64.9. The van der Waals surface area contributed by atoms with E-state index in [0.717, 1.165) is 0 Å². The fourth-order valence-electron chi connectivity index (χ4n) is 1.98. The van der Waals surface area contributed by atoms with Crippen LogP contribution in [0.4, 0.5) is 0 Å². The van der Waals surface area contributed by atoms with Crippen LogP contribution in [0.1, 0.15) is 13.8 Å². The van der Waals surface area contributed by atoms with E-state index in [9.17, 15) is 9.90 Å². The maximum atomic E-state index is 11.8. The number of carboxylic acids is 1. The summed E-state index contributed by atoms with van der Waals surface area (Å²) in [5.74, 6) is -2.04. The number of benzene rings is 1. The summed E-state index contributed by atoms with van der Waals surface area (Å²) in [6, 6.07) is -4.72. The second-order valence-corrected chi connectivity index (χ2v) is 16.8. The molecule has 0 heterocycles. The van der Waals surface area contributed by atoms with Crippen molar-refractivity contribution in [1.29, 1.82) is 0 Å². The van der Waals surface area contributed by atoms with Gasteiger partial charge in [0.25, 0.3) is 0 Å². The molecule has 0 aliphatic carbocycles. The first-order chi connectivity index (χ1) is 12.2. The number of hydrogen-bond donors (Lipinski definition) is 2. The van der Waals surface area contributed by atoms with E-state index >= 15 is 0 Å². The lowest BCUT2D eigenvalue weighted by atomic mass is 10.1. The van der Waals surface area contributed by atoms with Crippen molar-refractivity contribution in [2.75, 3.05) is 0 Å². The first kappa shape index (κ1) is 8.51. The smallest absolute Gasteiger partial charge is 0.320 e. The van der Waals surface area contributed by atoms with Crippen LogP contribution in [0.5, 0.6) is 0 Å². The van der Waals surface area contributed by atoms with Crippen LogP contribution in [0.25, 0.3) is 0 Å². The molecular formula is C15H27NO2Si2. The van der Waals surface area contributed by atoms with Crippen LogP contribution in [0, 0.1) is 0 Å². The lowest BCUT2D eigenvalue weighted by molar-refractivity contribution is -0.138. The van der Waals surface area contributed by atoms with Gasteiger partial charge in [-0.05, 0) is 11.9 Å². The van der Waals surface area contributed by atoms with E-state index in [1.165, 1.54) is 0 Å². The minimum Gasteiger partial charge on any atom is -0.480 e. The molecule has 1 aromatic carbocycles. The van der Waals surface area contributed by atoms with Gasteiger partial charge in [0.2, 0.25) is 0 Å². The van der Waals surface area contributed by atoms with Crippen molar-refractivity contribution in [2.45, 2.75) is 51.7 Å².